The van der Waals surface area contributed by atoms with Crippen LogP contribution in [-0.2, 0) is 16.7 Å². The van der Waals surface area contributed by atoms with Crippen molar-refractivity contribution in [3.05, 3.63) is 172 Å². The molecule has 6 heteroatoms. The highest BCUT2D eigenvalue weighted by molar-refractivity contribution is 8.00. The number of halogens is 1. The molecule has 0 spiro atoms. The molecule has 4 nitrogen and oxygen atoms in total. The molecular weight excluding hydrogens is 656 g/mol. The fraction of sp³-hybridized carbons (Fsp3) is 0.318. The van der Waals surface area contributed by atoms with Crippen molar-refractivity contribution in [2.75, 3.05) is 38.7 Å². The molecule has 2 aliphatic heterocycles. The quantitative estimate of drug-likeness (QED) is 0.114. The molecule has 5 aromatic carbocycles. The van der Waals surface area contributed by atoms with Gasteiger partial charge in [-0.2, -0.15) is 0 Å². The van der Waals surface area contributed by atoms with E-state index in [4.69, 9.17) is 21.1 Å². The van der Waals surface area contributed by atoms with Crippen molar-refractivity contribution >= 4 is 23.4 Å². The fourth-order valence-electron chi connectivity index (χ4n) is 7.78. The van der Waals surface area contributed by atoms with Gasteiger partial charge in [0.2, 0.25) is 0 Å². The summed E-state index contributed by atoms with van der Waals surface area (Å²) >= 11 is 8.36. The van der Waals surface area contributed by atoms with E-state index in [9.17, 15) is 0 Å². The second-order valence-electron chi connectivity index (χ2n) is 13.5. The maximum absolute atomic E-state index is 6.45. The first-order valence-electron chi connectivity index (χ1n) is 18.0. The minimum Gasteiger partial charge on any atom is -0.492 e. The molecule has 0 saturated carbocycles. The topological polar surface area (TPSA) is 24.9 Å². The van der Waals surface area contributed by atoms with Gasteiger partial charge in [-0.25, -0.2) is 0 Å². The molecule has 3 unspecified atom stereocenters. The maximum Gasteiger partial charge on any atom is 0.119 e. The minimum atomic E-state index is -0.368. The molecule has 2 fully saturated rings. The van der Waals surface area contributed by atoms with Crippen LogP contribution in [-0.4, -0.2) is 59.8 Å². The maximum atomic E-state index is 6.45. The van der Waals surface area contributed by atoms with E-state index in [2.05, 4.69) is 150 Å². The van der Waals surface area contributed by atoms with Crippen molar-refractivity contribution in [3.8, 4) is 5.75 Å². The lowest BCUT2D eigenvalue weighted by Gasteiger charge is -2.43. The number of rotatable bonds is 13. The van der Waals surface area contributed by atoms with E-state index in [1.54, 1.807) is 0 Å². The molecule has 0 aliphatic carbocycles. The van der Waals surface area contributed by atoms with Crippen molar-refractivity contribution in [3.63, 3.8) is 0 Å². The zero-order valence-corrected chi connectivity index (χ0v) is 30.4. The zero-order valence-electron chi connectivity index (χ0n) is 28.9. The lowest BCUT2D eigenvalue weighted by atomic mass is 9.75. The van der Waals surface area contributed by atoms with Crippen LogP contribution in [0.15, 0.2) is 140 Å². The normalized spacial score (nSPS) is 19.3. The molecule has 0 aromatic heterocycles. The highest BCUT2D eigenvalue weighted by Crippen LogP contribution is 2.46. The molecular formula is C44H47ClN2O2S. The van der Waals surface area contributed by atoms with E-state index in [1.165, 1.54) is 22.3 Å². The third-order valence-electron chi connectivity index (χ3n) is 10.2. The molecule has 0 radical (unpaired) electrons. The van der Waals surface area contributed by atoms with Crippen molar-refractivity contribution in [1.82, 2.24) is 9.80 Å². The minimum absolute atomic E-state index is 0.0312. The summed E-state index contributed by atoms with van der Waals surface area (Å²) in [6, 6.07) is 50.3. The Kier molecular flexibility index (Phi) is 11.6. The molecule has 5 aromatic rings. The summed E-state index contributed by atoms with van der Waals surface area (Å²) in [6.07, 6.45) is 3.25. The Bertz CT molecular complexity index is 1680. The van der Waals surface area contributed by atoms with Gasteiger partial charge in [0.1, 0.15) is 12.4 Å². The van der Waals surface area contributed by atoms with E-state index >= 15 is 0 Å². The third-order valence-corrected chi connectivity index (χ3v) is 11.7. The van der Waals surface area contributed by atoms with Gasteiger partial charge in [0, 0.05) is 41.8 Å². The average Bonchev–Trinajstić information content (AvgIpc) is 3.64. The molecule has 7 rings (SSSR count). The Balaban J connectivity index is 1.02. The summed E-state index contributed by atoms with van der Waals surface area (Å²) in [5.74, 6) is 1.90. The first kappa shape index (κ1) is 34.9. The number of hydrogen-bond donors (Lipinski definition) is 0. The van der Waals surface area contributed by atoms with Crippen LogP contribution in [0, 0.1) is 0 Å². The van der Waals surface area contributed by atoms with Gasteiger partial charge >= 0.3 is 0 Å². The van der Waals surface area contributed by atoms with E-state index in [-0.39, 0.29) is 11.6 Å². The van der Waals surface area contributed by atoms with E-state index in [0.29, 0.717) is 24.5 Å². The van der Waals surface area contributed by atoms with Gasteiger partial charge in [0.25, 0.3) is 0 Å². The van der Waals surface area contributed by atoms with Gasteiger partial charge in [0.05, 0.1) is 18.2 Å². The van der Waals surface area contributed by atoms with Crippen molar-refractivity contribution in [1.29, 1.82) is 0 Å². The van der Waals surface area contributed by atoms with Gasteiger partial charge in [-0.05, 0) is 64.9 Å². The van der Waals surface area contributed by atoms with Gasteiger partial charge in [-0.15, -0.1) is 11.8 Å². The standard InChI is InChI=1S/C44H47ClN2O2S/c1-2-13-40(46-26-27-48-43(31-46)35-14-12-21-39(45)29-35)32-49-41-24-22-34(23-25-41)28-42-30-47(33-50-42)44(36-15-6-3-7-16-36,37-17-8-4-9-18-37)38-19-10-5-11-20-38/h3-12,14-25,29,40,42-43H,2,13,26-28,30-33H2,1H3. The lowest BCUT2D eigenvalue weighted by Crippen LogP contribution is -2.47. The molecule has 0 bridgehead atoms. The Hall–Kier alpha value is -3.58. The van der Waals surface area contributed by atoms with Crippen LogP contribution in [0.3, 0.4) is 0 Å². The van der Waals surface area contributed by atoms with Crippen molar-refractivity contribution in [2.45, 2.75) is 49.1 Å². The highest BCUT2D eigenvalue weighted by Gasteiger charge is 2.45. The molecule has 2 saturated heterocycles. The molecule has 0 amide bonds. The van der Waals surface area contributed by atoms with Gasteiger partial charge in [-0.1, -0.05) is 140 Å². The van der Waals surface area contributed by atoms with Crippen LogP contribution < -0.4 is 4.74 Å². The predicted octanol–water partition coefficient (Wildman–Crippen LogP) is 9.87. The van der Waals surface area contributed by atoms with Gasteiger partial charge in [-0.3, -0.25) is 9.80 Å². The van der Waals surface area contributed by atoms with E-state index in [0.717, 1.165) is 61.1 Å². The van der Waals surface area contributed by atoms with Gasteiger partial charge in [0.15, 0.2) is 0 Å². The number of thioether (sulfide) groups is 1. The Labute approximate surface area is 307 Å². The SMILES string of the molecule is CCCC(COc1ccc(CC2CN(C(c3ccccc3)(c3ccccc3)c3ccccc3)CS2)cc1)N1CCOC(c2cccc(Cl)c2)C1. The molecule has 50 heavy (non-hydrogen) atoms. The van der Waals surface area contributed by atoms with Crippen LogP contribution >= 0.6 is 23.4 Å². The Morgan fingerprint density at radius 2 is 1.44 bits per heavy atom. The van der Waals surface area contributed by atoms with E-state index < -0.39 is 0 Å². The van der Waals surface area contributed by atoms with Crippen LogP contribution in [0.1, 0.15) is 53.7 Å². The smallest absolute Gasteiger partial charge is 0.119 e. The first-order chi connectivity index (χ1) is 24.6. The Morgan fingerprint density at radius 1 is 0.800 bits per heavy atom. The molecule has 2 aliphatic rings. The summed E-state index contributed by atoms with van der Waals surface area (Å²) in [7, 11) is 0. The fourth-order valence-corrected chi connectivity index (χ4v) is 9.26. The number of nitrogens with zero attached hydrogens (tertiary/aromatic N) is 2. The van der Waals surface area contributed by atoms with Crippen molar-refractivity contribution < 1.29 is 9.47 Å². The summed E-state index contributed by atoms with van der Waals surface area (Å²) in [4.78, 5) is 5.23. The highest BCUT2D eigenvalue weighted by atomic mass is 35.5. The number of hydrogen-bond acceptors (Lipinski definition) is 5. The predicted molar refractivity (Wildman–Crippen MR) is 208 cm³/mol. The lowest BCUT2D eigenvalue weighted by molar-refractivity contribution is -0.0521. The summed E-state index contributed by atoms with van der Waals surface area (Å²) in [6.45, 7) is 6.40. The Morgan fingerprint density at radius 3 is 2.04 bits per heavy atom. The number of ether oxygens (including phenoxy) is 2. The van der Waals surface area contributed by atoms with Crippen LogP contribution in [0.2, 0.25) is 5.02 Å². The first-order valence-corrected chi connectivity index (χ1v) is 19.4. The summed E-state index contributed by atoms with van der Waals surface area (Å²) in [5, 5.41) is 1.24. The molecule has 0 N–H and O–H groups in total. The molecule has 3 atom stereocenters. The van der Waals surface area contributed by atoms with Crippen LogP contribution in [0.4, 0.5) is 0 Å². The largest absolute Gasteiger partial charge is 0.492 e. The number of benzene rings is 5. The molecule has 258 valence electrons. The second-order valence-corrected chi connectivity index (χ2v) is 15.2. The monoisotopic (exact) mass is 702 g/mol. The zero-order chi connectivity index (χ0) is 34.2. The average molecular weight is 703 g/mol. The summed E-state index contributed by atoms with van der Waals surface area (Å²) in [5.41, 5.74) is 6.04. The van der Waals surface area contributed by atoms with E-state index in [1.807, 2.05) is 18.2 Å². The van der Waals surface area contributed by atoms with Gasteiger partial charge < -0.3 is 9.47 Å². The molecule has 2 heterocycles. The number of morpholine rings is 1. The third kappa shape index (κ3) is 7.83. The van der Waals surface area contributed by atoms with Crippen LogP contribution in [0.5, 0.6) is 5.75 Å². The summed E-state index contributed by atoms with van der Waals surface area (Å²) < 4.78 is 12.6. The second kappa shape index (κ2) is 16.6. The van der Waals surface area contributed by atoms with Crippen LogP contribution in [0.25, 0.3) is 0 Å². The van der Waals surface area contributed by atoms with Crippen molar-refractivity contribution in [2.24, 2.45) is 0 Å².